The highest BCUT2D eigenvalue weighted by Crippen LogP contribution is 2.42. The van der Waals surface area contributed by atoms with Crippen LogP contribution in [0.3, 0.4) is 0 Å². The van der Waals surface area contributed by atoms with Crippen LogP contribution in [0.4, 0.5) is 0 Å². The minimum absolute atomic E-state index is 0.390. The smallest absolute Gasteiger partial charge is 0.214 e. The van der Waals surface area contributed by atoms with Gasteiger partial charge in [-0.2, -0.15) is 9.61 Å². The van der Waals surface area contributed by atoms with Crippen molar-refractivity contribution in [1.82, 2.24) is 19.6 Å². The summed E-state index contributed by atoms with van der Waals surface area (Å²) in [5, 5.41) is 5.68. The Kier molecular flexibility index (Phi) is 2.17. The van der Waals surface area contributed by atoms with Gasteiger partial charge in [0.1, 0.15) is 11.2 Å². The van der Waals surface area contributed by atoms with Crippen LogP contribution in [-0.2, 0) is 6.42 Å². The zero-order chi connectivity index (χ0) is 12.3. The van der Waals surface area contributed by atoms with Crippen LogP contribution < -0.4 is 0 Å². The fraction of sp³-hybridized carbons (Fsp3) is 0.417. The van der Waals surface area contributed by atoms with Gasteiger partial charge in [0.25, 0.3) is 0 Å². The quantitative estimate of drug-likeness (QED) is 0.592. The Labute approximate surface area is 113 Å². The Bertz CT molecular complexity index is 760. The van der Waals surface area contributed by atoms with Crippen LogP contribution in [0.5, 0.6) is 0 Å². The second-order valence-electron chi connectivity index (χ2n) is 4.79. The van der Waals surface area contributed by atoms with Gasteiger partial charge in [-0.25, -0.2) is 9.97 Å². The van der Waals surface area contributed by atoms with Crippen LogP contribution in [0.2, 0.25) is 5.28 Å². The van der Waals surface area contributed by atoms with Crippen molar-refractivity contribution in [3.8, 4) is 0 Å². The normalized spacial score (nSPS) is 19.6. The minimum atomic E-state index is 0.390. The monoisotopic (exact) mass is 278 g/mol. The highest BCUT2D eigenvalue weighted by molar-refractivity contribution is 7.19. The standard InChI is InChI=1S/C12H11ClN4S/c1-6-3-2-4-7-8(6)9-10-14-5-15-17(10)12(13)16-11(9)18-7/h5-6H,2-4H2,1H3/t6-/m1/s1. The van der Waals surface area contributed by atoms with Crippen LogP contribution in [0.1, 0.15) is 36.1 Å². The molecule has 92 valence electrons. The molecule has 0 spiro atoms. The van der Waals surface area contributed by atoms with Crippen LogP contribution in [-0.4, -0.2) is 19.6 Å². The second-order valence-corrected chi connectivity index (χ2v) is 6.21. The highest BCUT2D eigenvalue weighted by Gasteiger charge is 2.25. The number of halogens is 1. The lowest BCUT2D eigenvalue weighted by Crippen LogP contribution is -2.04. The van der Waals surface area contributed by atoms with Crippen molar-refractivity contribution in [3.63, 3.8) is 0 Å². The van der Waals surface area contributed by atoms with E-state index in [0.717, 1.165) is 22.3 Å². The van der Waals surface area contributed by atoms with Gasteiger partial charge in [-0.05, 0) is 42.3 Å². The van der Waals surface area contributed by atoms with Crippen molar-refractivity contribution in [2.45, 2.75) is 32.1 Å². The van der Waals surface area contributed by atoms with E-state index in [9.17, 15) is 0 Å². The zero-order valence-electron chi connectivity index (χ0n) is 9.85. The van der Waals surface area contributed by atoms with Crippen molar-refractivity contribution in [2.75, 3.05) is 0 Å². The van der Waals surface area contributed by atoms with E-state index >= 15 is 0 Å². The van der Waals surface area contributed by atoms with Crippen molar-refractivity contribution in [2.24, 2.45) is 0 Å². The number of nitrogens with zero attached hydrogens (tertiary/aromatic N) is 4. The molecule has 3 aromatic heterocycles. The van der Waals surface area contributed by atoms with E-state index in [4.69, 9.17) is 11.6 Å². The molecule has 4 nitrogen and oxygen atoms in total. The van der Waals surface area contributed by atoms with Gasteiger partial charge in [-0.3, -0.25) is 0 Å². The molecule has 0 amide bonds. The van der Waals surface area contributed by atoms with E-state index in [2.05, 4.69) is 22.0 Å². The third kappa shape index (κ3) is 1.29. The molecule has 0 bridgehead atoms. The molecule has 1 atom stereocenters. The Morgan fingerprint density at radius 1 is 1.50 bits per heavy atom. The van der Waals surface area contributed by atoms with Crippen molar-refractivity contribution < 1.29 is 0 Å². The molecule has 0 N–H and O–H groups in total. The van der Waals surface area contributed by atoms with Crippen molar-refractivity contribution in [3.05, 3.63) is 22.1 Å². The van der Waals surface area contributed by atoms with Gasteiger partial charge in [0.2, 0.25) is 5.28 Å². The molecule has 1 aliphatic carbocycles. The fourth-order valence-corrected chi connectivity index (χ4v) is 4.46. The number of aryl methyl sites for hydroxylation is 1. The van der Waals surface area contributed by atoms with Crippen molar-refractivity contribution >= 4 is 38.8 Å². The minimum Gasteiger partial charge on any atom is -0.214 e. The summed E-state index contributed by atoms with van der Waals surface area (Å²) in [6, 6.07) is 0. The fourth-order valence-electron chi connectivity index (χ4n) is 2.87. The molecule has 0 saturated carbocycles. The van der Waals surface area contributed by atoms with Gasteiger partial charge in [-0.1, -0.05) is 6.92 Å². The van der Waals surface area contributed by atoms with E-state index in [-0.39, 0.29) is 0 Å². The van der Waals surface area contributed by atoms with Crippen LogP contribution in [0.15, 0.2) is 6.33 Å². The number of aromatic nitrogens is 4. The van der Waals surface area contributed by atoms with E-state index in [1.165, 1.54) is 23.3 Å². The molecule has 4 rings (SSSR count). The third-order valence-electron chi connectivity index (χ3n) is 3.68. The highest BCUT2D eigenvalue weighted by atomic mass is 35.5. The predicted octanol–water partition coefficient (Wildman–Crippen LogP) is 3.43. The lowest BCUT2D eigenvalue weighted by atomic mass is 9.87. The average Bonchev–Trinajstić information content (AvgIpc) is 2.92. The molecular weight excluding hydrogens is 268 g/mol. The molecule has 0 aliphatic heterocycles. The maximum absolute atomic E-state index is 6.13. The second kappa shape index (κ2) is 3.65. The van der Waals surface area contributed by atoms with Crippen molar-refractivity contribution in [1.29, 1.82) is 0 Å². The molecule has 0 radical (unpaired) electrons. The van der Waals surface area contributed by atoms with Gasteiger partial charge >= 0.3 is 0 Å². The molecule has 6 heteroatoms. The van der Waals surface area contributed by atoms with E-state index in [0.29, 0.717) is 11.2 Å². The summed E-state index contributed by atoms with van der Waals surface area (Å²) in [7, 11) is 0. The summed E-state index contributed by atoms with van der Waals surface area (Å²) < 4.78 is 1.62. The number of hydrogen-bond acceptors (Lipinski definition) is 4. The molecule has 3 aromatic rings. The Hall–Kier alpha value is -1.20. The molecule has 3 heterocycles. The first-order valence-corrected chi connectivity index (χ1v) is 7.25. The van der Waals surface area contributed by atoms with Gasteiger partial charge < -0.3 is 0 Å². The molecule has 0 fully saturated rings. The zero-order valence-corrected chi connectivity index (χ0v) is 11.4. The summed E-state index contributed by atoms with van der Waals surface area (Å²) >= 11 is 7.89. The average molecular weight is 279 g/mol. The summed E-state index contributed by atoms with van der Waals surface area (Å²) in [6.07, 6.45) is 5.19. The first-order valence-electron chi connectivity index (χ1n) is 6.06. The maximum Gasteiger partial charge on any atom is 0.227 e. The molecular formula is C12H11ClN4S. The molecule has 18 heavy (non-hydrogen) atoms. The number of thiophene rings is 1. The van der Waals surface area contributed by atoms with Gasteiger partial charge in [0.15, 0.2) is 5.65 Å². The number of hydrogen-bond donors (Lipinski definition) is 0. The largest absolute Gasteiger partial charge is 0.227 e. The third-order valence-corrected chi connectivity index (χ3v) is 5.08. The Morgan fingerprint density at radius 2 is 2.39 bits per heavy atom. The SMILES string of the molecule is C[C@@H]1CCCc2sc3nc(Cl)n4ncnc4c3c21. The van der Waals surface area contributed by atoms with Crippen LogP contribution in [0.25, 0.3) is 15.9 Å². The lowest BCUT2D eigenvalue weighted by Gasteiger charge is -2.18. The summed E-state index contributed by atoms with van der Waals surface area (Å²) in [4.78, 5) is 11.3. The number of rotatable bonds is 0. The number of fused-ring (bicyclic) bond motifs is 5. The summed E-state index contributed by atoms with van der Waals surface area (Å²) in [5.74, 6) is 0.575. The molecule has 0 unspecified atom stereocenters. The summed E-state index contributed by atoms with van der Waals surface area (Å²) in [5.41, 5.74) is 2.26. The van der Waals surface area contributed by atoms with E-state index in [1.807, 2.05) is 0 Å². The first kappa shape index (κ1) is 10.7. The Morgan fingerprint density at radius 3 is 3.28 bits per heavy atom. The lowest BCUT2D eigenvalue weighted by molar-refractivity contribution is 0.602. The topological polar surface area (TPSA) is 43.1 Å². The van der Waals surface area contributed by atoms with E-state index < -0.39 is 0 Å². The summed E-state index contributed by atoms with van der Waals surface area (Å²) in [6.45, 7) is 2.28. The molecule has 1 aliphatic rings. The molecule has 0 aromatic carbocycles. The Balaban J connectivity index is 2.22. The van der Waals surface area contributed by atoms with Crippen LogP contribution >= 0.6 is 22.9 Å². The van der Waals surface area contributed by atoms with Gasteiger partial charge in [-0.15, -0.1) is 11.3 Å². The molecule has 0 saturated heterocycles. The van der Waals surface area contributed by atoms with E-state index in [1.54, 1.807) is 22.2 Å². The van der Waals surface area contributed by atoms with Gasteiger partial charge in [0, 0.05) is 4.88 Å². The maximum atomic E-state index is 6.13. The van der Waals surface area contributed by atoms with Crippen LogP contribution in [0, 0.1) is 0 Å². The predicted molar refractivity (Wildman–Crippen MR) is 72.5 cm³/mol. The first-order chi connectivity index (χ1) is 8.75. The van der Waals surface area contributed by atoms with Gasteiger partial charge in [0.05, 0.1) is 5.39 Å².